The fraction of sp³-hybridized carbons (Fsp3) is 0.538. The van der Waals surface area contributed by atoms with Crippen LogP contribution in [0.4, 0.5) is 0 Å². The van der Waals surface area contributed by atoms with Gasteiger partial charge in [-0.15, -0.1) is 0 Å². The zero-order chi connectivity index (χ0) is 13.2. The lowest BCUT2D eigenvalue weighted by Crippen LogP contribution is -2.28. The van der Waals surface area contributed by atoms with E-state index in [-0.39, 0.29) is 0 Å². The summed E-state index contributed by atoms with van der Waals surface area (Å²) in [6.07, 6.45) is 1.87. The molecule has 2 aromatic rings. The van der Waals surface area contributed by atoms with E-state index in [1.165, 1.54) is 5.69 Å². The first-order chi connectivity index (χ1) is 9.20. The molecule has 2 N–H and O–H groups in total. The van der Waals surface area contributed by atoms with Gasteiger partial charge in [-0.25, -0.2) is 4.98 Å². The molecule has 6 nitrogen and oxygen atoms in total. The summed E-state index contributed by atoms with van der Waals surface area (Å²) in [6, 6.07) is 2.19. The van der Waals surface area contributed by atoms with Crippen molar-refractivity contribution >= 4 is 0 Å². The third-order valence-corrected chi connectivity index (χ3v) is 3.33. The van der Waals surface area contributed by atoms with E-state index in [4.69, 9.17) is 0 Å². The van der Waals surface area contributed by atoms with Gasteiger partial charge in [0, 0.05) is 31.5 Å². The minimum absolute atomic E-state index is 0.814. The standard InChI is InChI=1S/C13H20N6/c1-10-6-15-13(16-10)9-18(2)8-11-5-12-7-14-3-4-19(12)17-11/h5-6,14H,3-4,7-9H2,1-2H3,(H,15,16). The number of aromatic nitrogens is 4. The molecule has 19 heavy (non-hydrogen) atoms. The number of hydrogen-bond acceptors (Lipinski definition) is 4. The van der Waals surface area contributed by atoms with Crippen molar-refractivity contribution in [2.24, 2.45) is 0 Å². The molecule has 0 atom stereocenters. The van der Waals surface area contributed by atoms with Crippen LogP contribution in [0.3, 0.4) is 0 Å². The highest BCUT2D eigenvalue weighted by atomic mass is 15.3. The van der Waals surface area contributed by atoms with Crippen LogP contribution < -0.4 is 5.32 Å². The lowest BCUT2D eigenvalue weighted by molar-refractivity contribution is 0.306. The molecule has 3 heterocycles. The highest BCUT2D eigenvalue weighted by molar-refractivity contribution is 5.11. The van der Waals surface area contributed by atoms with E-state index in [9.17, 15) is 0 Å². The van der Waals surface area contributed by atoms with Crippen LogP contribution in [0.25, 0.3) is 0 Å². The fourth-order valence-electron chi connectivity index (χ4n) is 2.46. The van der Waals surface area contributed by atoms with Gasteiger partial charge in [0.1, 0.15) is 5.82 Å². The summed E-state index contributed by atoms with van der Waals surface area (Å²) >= 11 is 0. The molecule has 6 heteroatoms. The Hall–Kier alpha value is -1.66. The lowest BCUT2D eigenvalue weighted by atomic mass is 10.3. The van der Waals surface area contributed by atoms with Gasteiger partial charge in [-0.2, -0.15) is 5.10 Å². The number of hydrogen-bond donors (Lipinski definition) is 2. The highest BCUT2D eigenvalue weighted by Gasteiger charge is 2.13. The first-order valence-electron chi connectivity index (χ1n) is 6.66. The first-order valence-corrected chi connectivity index (χ1v) is 6.66. The molecule has 0 saturated carbocycles. The molecule has 0 radical (unpaired) electrons. The monoisotopic (exact) mass is 260 g/mol. The minimum Gasteiger partial charge on any atom is -0.345 e. The normalized spacial score (nSPS) is 14.9. The van der Waals surface area contributed by atoms with Crippen molar-refractivity contribution in [3.63, 3.8) is 0 Å². The molecule has 2 aromatic heterocycles. The van der Waals surface area contributed by atoms with E-state index >= 15 is 0 Å². The van der Waals surface area contributed by atoms with Gasteiger partial charge in [0.25, 0.3) is 0 Å². The Morgan fingerprint density at radius 1 is 1.42 bits per heavy atom. The number of nitrogens with zero attached hydrogens (tertiary/aromatic N) is 4. The zero-order valence-electron chi connectivity index (χ0n) is 11.5. The van der Waals surface area contributed by atoms with Crippen LogP contribution in [0.1, 0.15) is 22.9 Å². The third-order valence-electron chi connectivity index (χ3n) is 3.33. The largest absolute Gasteiger partial charge is 0.345 e. The van der Waals surface area contributed by atoms with Crippen molar-refractivity contribution < 1.29 is 0 Å². The number of rotatable bonds is 4. The van der Waals surface area contributed by atoms with Crippen LogP contribution in [0.15, 0.2) is 12.3 Å². The van der Waals surface area contributed by atoms with Crippen molar-refractivity contribution in [3.05, 3.63) is 35.2 Å². The SMILES string of the molecule is Cc1cnc(CN(C)Cc2cc3n(n2)CCNC3)[nH]1. The van der Waals surface area contributed by atoms with Gasteiger partial charge in [0.05, 0.1) is 24.5 Å². The maximum atomic E-state index is 4.64. The van der Waals surface area contributed by atoms with E-state index < -0.39 is 0 Å². The zero-order valence-corrected chi connectivity index (χ0v) is 11.5. The van der Waals surface area contributed by atoms with E-state index in [1.54, 1.807) is 0 Å². The second-order valence-electron chi connectivity index (χ2n) is 5.21. The Bertz CT molecular complexity index is 532. The number of H-pyrrole nitrogens is 1. The van der Waals surface area contributed by atoms with E-state index in [0.717, 1.165) is 49.9 Å². The Labute approximate surface area is 112 Å². The molecule has 0 fully saturated rings. The second kappa shape index (κ2) is 5.14. The van der Waals surface area contributed by atoms with Crippen molar-refractivity contribution in [1.29, 1.82) is 0 Å². The summed E-state index contributed by atoms with van der Waals surface area (Å²) in [6.45, 7) is 6.58. The molecule has 1 aliphatic heterocycles. The van der Waals surface area contributed by atoms with Gasteiger partial charge in [0.2, 0.25) is 0 Å². The number of fused-ring (bicyclic) bond motifs is 1. The summed E-state index contributed by atoms with van der Waals surface area (Å²) in [4.78, 5) is 9.81. The number of imidazole rings is 1. The maximum absolute atomic E-state index is 4.64. The fourth-order valence-corrected chi connectivity index (χ4v) is 2.46. The molecule has 0 spiro atoms. The van der Waals surface area contributed by atoms with Crippen LogP contribution in [0.5, 0.6) is 0 Å². The summed E-state index contributed by atoms with van der Waals surface area (Å²) in [5.41, 5.74) is 3.51. The van der Waals surface area contributed by atoms with E-state index in [1.807, 2.05) is 13.1 Å². The van der Waals surface area contributed by atoms with Crippen molar-refractivity contribution in [2.75, 3.05) is 13.6 Å². The van der Waals surface area contributed by atoms with Crippen LogP contribution in [-0.2, 0) is 26.2 Å². The molecule has 0 bridgehead atoms. The molecule has 3 rings (SSSR count). The van der Waals surface area contributed by atoms with Gasteiger partial charge in [-0.3, -0.25) is 9.58 Å². The third kappa shape index (κ3) is 2.85. The number of aromatic amines is 1. The molecule has 0 amide bonds. The highest BCUT2D eigenvalue weighted by Crippen LogP contribution is 2.10. The van der Waals surface area contributed by atoms with Gasteiger partial charge in [-0.1, -0.05) is 0 Å². The van der Waals surface area contributed by atoms with Crippen molar-refractivity contribution in [3.8, 4) is 0 Å². The van der Waals surface area contributed by atoms with E-state index in [0.29, 0.717) is 0 Å². The molecular formula is C13H20N6. The Kier molecular flexibility index (Phi) is 3.35. The van der Waals surface area contributed by atoms with Gasteiger partial charge in [0.15, 0.2) is 0 Å². The molecular weight excluding hydrogens is 240 g/mol. The average Bonchev–Trinajstić information content (AvgIpc) is 2.94. The van der Waals surface area contributed by atoms with Crippen LogP contribution in [-0.4, -0.2) is 38.2 Å². The van der Waals surface area contributed by atoms with Crippen molar-refractivity contribution in [1.82, 2.24) is 30.0 Å². The minimum atomic E-state index is 0.814. The predicted molar refractivity (Wildman–Crippen MR) is 72.4 cm³/mol. The van der Waals surface area contributed by atoms with Gasteiger partial charge >= 0.3 is 0 Å². The second-order valence-corrected chi connectivity index (χ2v) is 5.21. The lowest BCUT2D eigenvalue weighted by Gasteiger charge is -2.14. The maximum Gasteiger partial charge on any atom is 0.120 e. The quantitative estimate of drug-likeness (QED) is 0.847. The Morgan fingerprint density at radius 2 is 2.32 bits per heavy atom. The summed E-state index contributed by atoms with van der Waals surface area (Å²) < 4.78 is 2.11. The Morgan fingerprint density at radius 3 is 3.05 bits per heavy atom. The molecule has 0 unspecified atom stereocenters. The molecule has 1 aliphatic rings. The first kappa shape index (κ1) is 12.4. The molecule has 0 aromatic carbocycles. The molecule has 102 valence electrons. The smallest absolute Gasteiger partial charge is 0.120 e. The van der Waals surface area contributed by atoms with Crippen LogP contribution in [0.2, 0.25) is 0 Å². The summed E-state index contributed by atoms with van der Waals surface area (Å²) in [7, 11) is 2.09. The summed E-state index contributed by atoms with van der Waals surface area (Å²) in [5, 5.41) is 8.00. The van der Waals surface area contributed by atoms with Crippen LogP contribution in [0, 0.1) is 6.92 Å². The predicted octanol–water partition coefficient (Wildman–Crippen LogP) is 0.650. The molecule has 0 aliphatic carbocycles. The Balaban J connectivity index is 1.62. The van der Waals surface area contributed by atoms with Crippen LogP contribution >= 0.6 is 0 Å². The van der Waals surface area contributed by atoms with Gasteiger partial charge < -0.3 is 10.3 Å². The average molecular weight is 260 g/mol. The summed E-state index contributed by atoms with van der Waals surface area (Å²) in [5.74, 6) is 1.01. The topological polar surface area (TPSA) is 61.8 Å². The number of aryl methyl sites for hydroxylation is 1. The number of nitrogens with one attached hydrogen (secondary N) is 2. The van der Waals surface area contributed by atoms with E-state index in [2.05, 4.69) is 43.1 Å². The van der Waals surface area contributed by atoms with Gasteiger partial charge in [-0.05, 0) is 20.0 Å². The van der Waals surface area contributed by atoms with Crippen molar-refractivity contribution in [2.45, 2.75) is 33.1 Å². The molecule has 0 saturated heterocycles.